The molecule has 7 heteroatoms. The van der Waals surface area contributed by atoms with Crippen molar-refractivity contribution < 1.29 is 17.9 Å². The first kappa shape index (κ1) is 12.5. The zero-order valence-corrected chi connectivity index (χ0v) is 8.19. The third kappa shape index (κ3) is 3.11. The molecule has 0 aliphatic rings. The summed E-state index contributed by atoms with van der Waals surface area (Å²) in [7, 11) is -4.60. The minimum atomic E-state index is -4.60. The molecule has 6 nitrogen and oxygen atoms in total. The molecule has 0 radical (unpaired) electrons. The Morgan fingerprint density at radius 3 is 2.29 bits per heavy atom. The predicted octanol–water partition coefficient (Wildman–Crippen LogP) is 1.12. The van der Waals surface area contributed by atoms with Crippen molar-refractivity contribution in [2.75, 3.05) is 0 Å². The summed E-state index contributed by atoms with van der Waals surface area (Å²) in [4.78, 5) is 8.65. The van der Waals surface area contributed by atoms with Crippen molar-refractivity contribution >= 4 is 10.1 Å². The van der Waals surface area contributed by atoms with E-state index in [1.807, 2.05) is 0 Å². The Hall–Kier alpha value is -1.47. The van der Waals surface area contributed by atoms with Gasteiger partial charge >= 0.3 is 10.1 Å². The van der Waals surface area contributed by atoms with E-state index in [1.165, 1.54) is 13.0 Å². The quantitative estimate of drug-likeness (QED) is 0.330. The fourth-order valence-electron chi connectivity index (χ4n) is 0.720. The predicted molar refractivity (Wildman–Crippen MR) is 50.6 cm³/mol. The highest BCUT2D eigenvalue weighted by Crippen LogP contribution is 2.14. The molecule has 0 saturated carbocycles. The SMILES string of the molecule is C=C/C(=C(\C=C/C)S(=O)(=O)O)[N+](=O)[O-]. The van der Waals surface area contributed by atoms with Crippen LogP contribution >= 0.6 is 0 Å². The molecule has 0 aromatic rings. The van der Waals surface area contributed by atoms with Gasteiger partial charge in [0.05, 0.1) is 4.92 Å². The molecule has 14 heavy (non-hydrogen) atoms. The Kier molecular flexibility index (Phi) is 4.19. The Morgan fingerprint density at radius 1 is 1.57 bits per heavy atom. The summed E-state index contributed by atoms with van der Waals surface area (Å²) in [6, 6.07) is 0. The van der Waals surface area contributed by atoms with Crippen LogP contribution in [0.15, 0.2) is 35.4 Å². The Balaban J connectivity index is 5.82. The standard InChI is InChI=1S/C7H9NO5S/c1-3-5-7(14(11,12)13)6(4-2)8(9)10/h3-5H,2H2,1H3,(H,11,12,13)/b5-3-,7-6-. The summed E-state index contributed by atoms with van der Waals surface area (Å²) in [5.74, 6) is 0. The second kappa shape index (κ2) is 4.68. The summed E-state index contributed by atoms with van der Waals surface area (Å²) >= 11 is 0. The molecule has 0 spiro atoms. The summed E-state index contributed by atoms with van der Waals surface area (Å²) < 4.78 is 30.1. The number of hydrogen-bond acceptors (Lipinski definition) is 4. The van der Waals surface area contributed by atoms with E-state index >= 15 is 0 Å². The Morgan fingerprint density at radius 2 is 2.07 bits per heavy atom. The zero-order chi connectivity index (χ0) is 11.4. The van der Waals surface area contributed by atoms with Gasteiger partial charge in [-0.1, -0.05) is 12.7 Å². The number of rotatable bonds is 4. The summed E-state index contributed by atoms with van der Waals surface area (Å²) in [6.07, 6.45) is 2.94. The van der Waals surface area contributed by atoms with Gasteiger partial charge in [0.15, 0.2) is 4.91 Å². The fraction of sp³-hybridized carbons (Fsp3) is 0.143. The number of hydrogen-bond donors (Lipinski definition) is 1. The van der Waals surface area contributed by atoms with Crippen LogP contribution in [-0.4, -0.2) is 17.9 Å². The highest BCUT2D eigenvalue weighted by Gasteiger charge is 2.23. The second-order valence-electron chi connectivity index (χ2n) is 2.19. The lowest BCUT2D eigenvalue weighted by Gasteiger charge is -1.97. The van der Waals surface area contributed by atoms with Crippen LogP contribution in [0.5, 0.6) is 0 Å². The average molecular weight is 219 g/mol. The molecule has 0 fully saturated rings. The van der Waals surface area contributed by atoms with Gasteiger partial charge in [-0.15, -0.1) is 0 Å². The van der Waals surface area contributed by atoms with E-state index < -0.39 is 25.6 Å². The van der Waals surface area contributed by atoms with Crippen molar-refractivity contribution in [2.24, 2.45) is 0 Å². The van der Waals surface area contributed by atoms with Crippen LogP contribution in [0.1, 0.15) is 6.92 Å². The molecule has 0 aromatic heterocycles. The van der Waals surface area contributed by atoms with Crippen molar-refractivity contribution in [3.63, 3.8) is 0 Å². The maximum atomic E-state index is 10.7. The minimum Gasteiger partial charge on any atom is -0.282 e. The van der Waals surface area contributed by atoms with Crippen LogP contribution in [0.3, 0.4) is 0 Å². The van der Waals surface area contributed by atoms with Gasteiger partial charge in [0.2, 0.25) is 0 Å². The van der Waals surface area contributed by atoms with Crippen LogP contribution in [0.25, 0.3) is 0 Å². The maximum absolute atomic E-state index is 10.7. The van der Waals surface area contributed by atoms with E-state index in [2.05, 4.69) is 6.58 Å². The first-order valence-corrected chi connectivity index (χ1v) is 4.90. The summed E-state index contributed by atoms with van der Waals surface area (Å²) in [5, 5.41) is 10.4. The normalized spacial score (nSPS) is 13.9. The molecular weight excluding hydrogens is 210 g/mol. The van der Waals surface area contributed by atoms with Gasteiger partial charge in [-0.25, -0.2) is 0 Å². The second-order valence-corrected chi connectivity index (χ2v) is 3.58. The topological polar surface area (TPSA) is 97.5 Å². The molecule has 0 aliphatic carbocycles. The van der Waals surface area contributed by atoms with E-state index in [-0.39, 0.29) is 0 Å². The lowest BCUT2D eigenvalue weighted by molar-refractivity contribution is -0.419. The van der Waals surface area contributed by atoms with E-state index in [0.717, 1.165) is 12.2 Å². The third-order valence-corrected chi connectivity index (χ3v) is 2.14. The molecule has 0 bridgehead atoms. The average Bonchev–Trinajstić information content (AvgIpc) is 2.02. The Labute approximate surface area is 81.1 Å². The summed E-state index contributed by atoms with van der Waals surface area (Å²) in [5.41, 5.74) is -0.759. The number of nitro groups is 1. The Bertz CT molecular complexity index is 404. The van der Waals surface area contributed by atoms with Crippen molar-refractivity contribution in [1.82, 2.24) is 0 Å². The number of nitrogens with zero attached hydrogens (tertiary/aromatic N) is 1. The van der Waals surface area contributed by atoms with Gasteiger partial charge in [0.1, 0.15) is 0 Å². The molecule has 1 N–H and O–H groups in total. The van der Waals surface area contributed by atoms with Gasteiger partial charge in [-0.2, -0.15) is 8.42 Å². The molecule has 0 unspecified atom stereocenters. The highest BCUT2D eigenvalue weighted by atomic mass is 32.2. The van der Waals surface area contributed by atoms with Crippen molar-refractivity contribution in [3.05, 3.63) is 45.5 Å². The largest absolute Gasteiger partial charge is 0.301 e. The van der Waals surface area contributed by atoms with E-state index in [4.69, 9.17) is 4.55 Å². The van der Waals surface area contributed by atoms with E-state index in [1.54, 1.807) is 0 Å². The van der Waals surface area contributed by atoms with Gasteiger partial charge in [-0.05, 0) is 13.0 Å². The van der Waals surface area contributed by atoms with Crippen LogP contribution in [0, 0.1) is 10.1 Å². The summed E-state index contributed by atoms with van der Waals surface area (Å²) in [6.45, 7) is 4.55. The van der Waals surface area contributed by atoms with Crippen molar-refractivity contribution in [3.8, 4) is 0 Å². The van der Waals surface area contributed by atoms with Crippen molar-refractivity contribution in [1.29, 1.82) is 0 Å². The molecule has 0 heterocycles. The van der Waals surface area contributed by atoms with Gasteiger partial charge in [-0.3, -0.25) is 14.7 Å². The molecule has 0 saturated heterocycles. The van der Waals surface area contributed by atoms with Crippen LogP contribution in [0.4, 0.5) is 0 Å². The molecule has 0 rings (SSSR count). The first-order valence-electron chi connectivity index (χ1n) is 3.46. The van der Waals surface area contributed by atoms with E-state index in [0.29, 0.717) is 0 Å². The lowest BCUT2D eigenvalue weighted by atomic mass is 10.3. The number of allylic oxidation sites excluding steroid dienone is 3. The van der Waals surface area contributed by atoms with E-state index in [9.17, 15) is 18.5 Å². The van der Waals surface area contributed by atoms with Gasteiger partial charge < -0.3 is 0 Å². The molecule has 0 aliphatic heterocycles. The lowest BCUT2D eigenvalue weighted by Crippen LogP contribution is -2.08. The molecular formula is C7H9NO5S. The monoisotopic (exact) mass is 219 g/mol. The first-order chi connectivity index (χ1) is 6.34. The zero-order valence-electron chi connectivity index (χ0n) is 7.37. The molecule has 0 amide bonds. The van der Waals surface area contributed by atoms with Crippen molar-refractivity contribution in [2.45, 2.75) is 6.92 Å². The highest BCUT2D eigenvalue weighted by molar-refractivity contribution is 7.90. The van der Waals surface area contributed by atoms with Gasteiger partial charge in [0, 0.05) is 6.08 Å². The van der Waals surface area contributed by atoms with Gasteiger partial charge in [0.25, 0.3) is 5.70 Å². The third-order valence-electron chi connectivity index (χ3n) is 1.24. The minimum absolute atomic E-state index is 0.753. The fourth-order valence-corrected chi connectivity index (χ4v) is 1.45. The van der Waals surface area contributed by atoms with Crippen LogP contribution < -0.4 is 0 Å². The van der Waals surface area contributed by atoms with Crippen LogP contribution in [-0.2, 0) is 10.1 Å². The molecule has 78 valence electrons. The van der Waals surface area contributed by atoms with Crippen LogP contribution in [0.2, 0.25) is 0 Å². The molecule has 0 atom stereocenters. The molecule has 0 aromatic carbocycles. The maximum Gasteiger partial charge on any atom is 0.301 e. The smallest absolute Gasteiger partial charge is 0.282 e.